The van der Waals surface area contributed by atoms with E-state index >= 15 is 0 Å². The van der Waals surface area contributed by atoms with E-state index in [2.05, 4.69) is 0 Å². The zero-order chi connectivity index (χ0) is 5.86. The first-order valence-electron chi connectivity index (χ1n) is 2.33. The van der Waals surface area contributed by atoms with Crippen molar-refractivity contribution >= 4 is 0 Å². The van der Waals surface area contributed by atoms with E-state index < -0.39 is 0 Å². The van der Waals surface area contributed by atoms with Crippen molar-refractivity contribution in [1.29, 1.82) is 5.26 Å². The normalized spacial score (nSPS) is 17.4. The molecule has 0 aliphatic rings. The van der Waals surface area contributed by atoms with Crippen LogP contribution in [0, 0.1) is 17.2 Å². The maximum Gasteiger partial charge on any atom is 0.0669 e. The van der Waals surface area contributed by atoms with Crippen molar-refractivity contribution < 1.29 is 0 Å². The van der Waals surface area contributed by atoms with E-state index in [4.69, 9.17) is 11.0 Å². The van der Waals surface area contributed by atoms with Crippen molar-refractivity contribution in [2.45, 2.75) is 19.9 Å². The molecule has 0 heterocycles. The van der Waals surface area contributed by atoms with Crippen molar-refractivity contribution in [3.8, 4) is 6.07 Å². The van der Waals surface area contributed by atoms with E-state index in [1.165, 1.54) is 0 Å². The number of nitrogens with two attached hydrogens (primary N) is 1. The highest BCUT2D eigenvalue weighted by atomic mass is 14.6. The summed E-state index contributed by atoms with van der Waals surface area (Å²) in [4.78, 5) is 0. The first kappa shape index (κ1) is 6.45. The van der Waals surface area contributed by atoms with Gasteiger partial charge in [-0.1, -0.05) is 0 Å². The fraction of sp³-hybridized carbons (Fsp3) is 0.800. The zero-order valence-corrected chi connectivity index (χ0v) is 4.68. The van der Waals surface area contributed by atoms with Gasteiger partial charge in [0.1, 0.15) is 0 Å². The van der Waals surface area contributed by atoms with Gasteiger partial charge < -0.3 is 5.73 Å². The van der Waals surface area contributed by atoms with Crippen LogP contribution in [0.25, 0.3) is 0 Å². The van der Waals surface area contributed by atoms with Gasteiger partial charge in [-0.05, 0) is 13.8 Å². The number of hydrogen-bond acceptors (Lipinski definition) is 2. The van der Waals surface area contributed by atoms with Gasteiger partial charge in [0.15, 0.2) is 0 Å². The van der Waals surface area contributed by atoms with Gasteiger partial charge in [0.25, 0.3) is 0 Å². The quantitative estimate of drug-likeness (QED) is 0.519. The molecule has 0 aliphatic carbocycles. The summed E-state index contributed by atoms with van der Waals surface area (Å²) < 4.78 is 0. The smallest absolute Gasteiger partial charge is 0.0669 e. The number of rotatable bonds is 1. The third-order valence-electron chi connectivity index (χ3n) is 0.992. The third-order valence-corrected chi connectivity index (χ3v) is 0.992. The molecular weight excluding hydrogens is 88.1 g/mol. The standard InChI is InChI=1S/C5H10N2/c1-4(3-6)5(2)7/h4-5H,7H2,1-2H3. The lowest BCUT2D eigenvalue weighted by atomic mass is 10.1. The molecule has 0 fully saturated rings. The summed E-state index contributed by atoms with van der Waals surface area (Å²) in [7, 11) is 0. The van der Waals surface area contributed by atoms with E-state index in [0.717, 1.165) is 0 Å². The Morgan fingerprint density at radius 3 is 2.00 bits per heavy atom. The van der Waals surface area contributed by atoms with Crippen molar-refractivity contribution in [3.05, 3.63) is 0 Å². The van der Waals surface area contributed by atoms with Crippen LogP contribution in [0.5, 0.6) is 0 Å². The maximum atomic E-state index is 8.18. The zero-order valence-electron chi connectivity index (χ0n) is 4.68. The fourth-order valence-corrected chi connectivity index (χ4v) is 0.118. The van der Waals surface area contributed by atoms with Crippen molar-refractivity contribution in [3.63, 3.8) is 0 Å². The first-order chi connectivity index (χ1) is 3.18. The second-order valence-electron chi connectivity index (χ2n) is 1.78. The van der Waals surface area contributed by atoms with Gasteiger partial charge >= 0.3 is 0 Å². The average molecular weight is 98.1 g/mol. The molecule has 0 spiro atoms. The average Bonchev–Trinajstić information content (AvgIpc) is 1.65. The summed E-state index contributed by atoms with van der Waals surface area (Å²) in [6.45, 7) is 3.64. The molecular formula is C5H10N2. The van der Waals surface area contributed by atoms with Crippen LogP contribution in [0.15, 0.2) is 0 Å². The topological polar surface area (TPSA) is 49.8 Å². The maximum absolute atomic E-state index is 8.18. The molecule has 2 unspecified atom stereocenters. The molecule has 0 rings (SSSR count). The molecule has 0 saturated heterocycles. The largest absolute Gasteiger partial charge is 0.327 e. The molecule has 7 heavy (non-hydrogen) atoms. The van der Waals surface area contributed by atoms with Gasteiger partial charge in [0, 0.05) is 6.04 Å². The van der Waals surface area contributed by atoms with Crippen LogP contribution in [0.2, 0.25) is 0 Å². The Bertz CT molecular complexity index is 80.6. The minimum Gasteiger partial charge on any atom is -0.327 e. The summed E-state index contributed by atoms with van der Waals surface area (Å²) in [5.41, 5.74) is 5.32. The third kappa shape index (κ3) is 2.18. The molecule has 2 atom stereocenters. The lowest BCUT2D eigenvalue weighted by Gasteiger charge is -2.02. The first-order valence-corrected chi connectivity index (χ1v) is 2.33. The molecule has 2 heteroatoms. The number of nitrogens with zero attached hydrogens (tertiary/aromatic N) is 1. The van der Waals surface area contributed by atoms with Crippen molar-refractivity contribution in [1.82, 2.24) is 0 Å². The monoisotopic (exact) mass is 98.1 g/mol. The Hall–Kier alpha value is -0.550. The van der Waals surface area contributed by atoms with E-state index in [9.17, 15) is 0 Å². The molecule has 0 amide bonds. The van der Waals surface area contributed by atoms with Crippen molar-refractivity contribution in [2.24, 2.45) is 11.7 Å². The predicted molar refractivity (Wildman–Crippen MR) is 28.4 cm³/mol. The molecule has 2 N–H and O–H groups in total. The Labute approximate surface area is 43.9 Å². The molecule has 0 aromatic carbocycles. The number of hydrogen-bond donors (Lipinski definition) is 1. The van der Waals surface area contributed by atoms with Gasteiger partial charge in [-0.2, -0.15) is 5.26 Å². The fourth-order valence-electron chi connectivity index (χ4n) is 0.118. The molecule has 2 nitrogen and oxygen atoms in total. The molecule has 0 radical (unpaired) electrons. The summed E-state index contributed by atoms with van der Waals surface area (Å²) in [6, 6.07) is 2.04. The van der Waals surface area contributed by atoms with Crippen LogP contribution in [-0.2, 0) is 0 Å². The van der Waals surface area contributed by atoms with E-state index in [-0.39, 0.29) is 12.0 Å². The summed E-state index contributed by atoms with van der Waals surface area (Å²) in [5, 5.41) is 8.18. The highest BCUT2D eigenvalue weighted by Crippen LogP contribution is 1.94. The van der Waals surface area contributed by atoms with Gasteiger partial charge in [-0.25, -0.2) is 0 Å². The van der Waals surface area contributed by atoms with Gasteiger partial charge in [0.2, 0.25) is 0 Å². The molecule has 0 aromatic heterocycles. The predicted octanol–water partition coefficient (Wildman–Crippen LogP) is 0.493. The van der Waals surface area contributed by atoms with Gasteiger partial charge in [0.05, 0.1) is 12.0 Å². The Morgan fingerprint density at radius 1 is 1.57 bits per heavy atom. The molecule has 0 saturated carbocycles. The number of nitriles is 1. The van der Waals surface area contributed by atoms with E-state index in [0.29, 0.717) is 0 Å². The highest BCUT2D eigenvalue weighted by Gasteiger charge is 2.02. The summed E-state index contributed by atoms with van der Waals surface area (Å²) in [5.74, 6) is -0.0139. The van der Waals surface area contributed by atoms with E-state index in [1.54, 1.807) is 0 Å². The second kappa shape index (κ2) is 2.59. The Kier molecular flexibility index (Phi) is 2.39. The molecule has 40 valence electrons. The van der Waals surface area contributed by atoms with Crippen LogP contribution in [0.1, 0.15) is 13.8 Å². The van der Waals surface area contributed by atoms with Gasteiger partial charge in [-0.15, -0.1) is 0 Å². The minimum atomic E-state index is -0.0139. The lowest BCUT2D eigenvalue weighted by molar-refractivity contribution is 0.593. The van der Waals surface area contributed by atoms with Crippen molar-refractivity contribution in [2.75, 3.05) is 0 Å². The van der Waals surface area contributed by atoms with E-state index in [1.807, 2.05) is 19.9 Å². The van der Waals surface area contributed by atoms with Crippen LogP contribution in [0.4, 0.5) is 0 Å². The SMILES string of the molecule is CC(N)C(C)C#N. The summed E-state index contributed by atoms with van der Waals surface area (Å²) >= 11 is 0. The Morgan fingerprint density at radius 2 is 2.00 bits per heavy atom. The molecule has 0 aliphatic heterocycles. The molecule has 0 bridgehead atoms. The van der Waals surface area contributed by atoms with Crippen LogP contribution in [-0.4, -0.2) is 6.04 Å². The van der Waals surface area contributed by atoms with Crippen LogP contribution < -0.4 is 5.73 Å². The van der Waals surface area contributed by atoms with Crippen LogP contribution in [0.3, 0.4) is 0 Å². The molecule has 0 aromatic rings. The van der Waals surface area contributed by atoms with Gasteiger partial charge in [-0.3, -0.25) is 0 Å². The Balaban J connectivity index is 3.40. The second-order valence-corrected chi connectivity index (χ2v) is 1.78. The summed E-state index contributed by atoms with van der Waals surface area (Å²) in [6.07, 6.45) is 0. The minimum absolute atomic E-state index is 0.00463. The van der Waals surface area contributed by atoms with Crippen LogP contribution >= 0.6 is 0 Å². The highest BCUT2D eigenvalue weighted by molar-refractivity contribution is 4.84. The lowest BCUT2D eigenvalue weighted by Crippen LogP contribution is -2.22.